The summed E-state index contributed by atoms with van der Waals surface area (Å²) in [6.45, 7) is 4.82. The van der Waals surface area contributed by atoms with Gasteiger partial charge in [0.15, 0.2) is 12.1 Å². The molecule has 7 nitrogen and oxygen atoms in total. The van der Waals surface area contributed by atoms with Crippen LogP contribution in [0.3, 0.4) is 0 Å². The number of hydrogen-bond donors (Lipinski definition) is 1. The van der Waals surface area contributed by atoms with Crippen LogP contribution in [0.15, 0.2) is 16.2 Å². The minimum Gasteiger partial charge on any atom is -0.447 e. The zero-order valence-electron chi connectivity index (χ0n) is 14.4. The summed E-state index contributed by atoms with van der Waals surface area (Å²) >= 11 is 1.53. The van der Waals surface area contributed by atoms with Crippen LogP contribution in [0, 0.1) is 5.92 Å². The molecule has 2 aromatic heterocycles. The van der Waals surface area contributed by atoms with Crippen LogP contribution >= 0.6 is 11.3 Å². The molecule has 2 bridgehead atoms. The molecule has 2 aromatic rings. The molecule has 5 rings (SSSR count). The van der Waals surface area contributed by atoms with E-state index in [0.29, 0.717) is 35.5 Å². The fraction of sp³-hybridized carbons (Fsp3) is 0.529. The van der Waals surface area contributed by atoms with E-state index in [-0.39, 0.29) is 23.8 Å². The smallest absolute Gasteiger partial charge is 0.273 e. The Hall–Kier alpha value is -2.22. The highest BCUT2D eigenvalue weighted by molar-refractivity contribution is 7.09. The molecule has 3 atom stereocenters. The van der Waals surface area contributed by atoms with Crippen molar-refractivity contribution in [1.29, 1.82) is 0 Å². The molecule has 2 saturated heterocycles. The van der Waals surface area contributed by atoms with Gasteiger partial charge in [0.2, 0.25) is 0 Å². The summed E-state index contributed by atoms with van der Waals surface area (Å²) in [5, 5.41) is 5.40. The number of amides is 2. The molecular weight excluding hydrogens is 340 g/mol. The number of rotatable bonds is 4. The van der Waals surface area contributed by atoms with Crippen LogP contribution < -0.4 is 5.32 Å². The average Bonchev–Trinajstić information content (AvgIpc) is 3.34. The van der Waals surface area contributed by atoms with Crippen molar-refractivity contribution >= 4 is 23.2 Å². The van der Waals surface area contributed by atoms with Crippen molar-refractivity contribution in [2.75, 3.05) is 13.6 Å². The van der Waals surface area contributed by atoms with Crippen molar-refractivity contribution in [1.82, 2.24) is 20.2 Å². The fourth-order valence-electron chi connectivity index (χ4n) is 3.82. The van der Waals surface area contributed by atoms with Gasteiger partial charge in [-0.3, -0.25) is 9.59 Å². The zero-order chi connectivity index (χ0) is 17.7. The Morgan fingerprint density at radius 2 is 2.24 bits per heavy atom. The number of oxazole rings is 1. The Labute approximate surface area is 149 Å². The number of aromatic nitrogens is 2. The second kappa shape index (κ2) is 5.94. The van der Waals surface area contributed by atoms with Gasteiger partial charge >= 0.3 is 0 Å². The molecule has 132 valence electrons. The molecule has 0 radical (unpaired) electrons. The second-order valence-corrected chi connectivity index (χ2v) is 7.81. The van der Waals surface area contributed by atoms with E-state index < -0.39 is 0 Å². The monoisotopic (exact) mass is 360 g/mol. The summed E-state index contributed by atoms with van der Waals surface area (Å²) in [6, 6.07) is 0.0538. The number of thiazole rings is 1. The highest BCUT2D eigenvalue weighted by Crippen LogP contribution is 2.53. The SMILES string of the molecule is CNC(=O)c1ncoc1C1C2CC1N(C(=O)c1csc(C(C)C)n1)C2. The van der Waals surface area contributed by atoms with Crippen LogP contribution in [0.5, 0.6) is 0 Å². The van der Waals surface area contributed by atoms with Gasteiger partial charge in [-0.25, -0.2) is 9.97 Å². The predicted octanol–water partition coefficient (Wildman–Crippen LogP) is 2.24. The second-order valence-electron chi connectivity index (χ2n) is 6.92. The number of carbonyl (C=O) groups is 2. The Morgan fingerprint density at radius 1 is 1.44 bits per heavy atom. The largest absolute Gasteiger partial charge is 0.447 e. The molecule has 8 heteroatoms. The topological polar surface area (TPSA) is 88.3 Å². The van der Waals surface area contributed by atoms with E-state index in [1.807, 2.05) is 10.3 Å². The van der Waals surface area contributed by atoms with Crippen molar-refractivity contribution in [3.05, 3.63) is 33.9 Å². The summed E-state index contributed by atoms with van der Waals surface area (Å²) in [5.74, 6) is 0.983. The third-order valence-corrected chi connectivity index (χ3v) is 6.28. The van der Waals surface area contributed by atoms with Gasteiger partial charge in [0.25, 0.3) is 11.8 Å². The maximum atomic E-state index is 12.9. The quantitative estimate of drug-likeness (QED) is 0.903. The summed E-state index contributed by atoms with van der Waals surface area (Å²) in [5.41, 5.74) is 0.844. The van der Waals surface area contributed by atoms with Crippen LogP contribution in [0.2, 0.25) is 0 Å². The molecule has 25 heavy (non-hydrogen) atoms. The Bertz CT molecular complexity index is 827. The van der Waals surface area contributed by atoms with Gasteiger partial charge < -0.3 is 14.6 Å². The molecule has 2 amide bonds. The molecule has 3 aliphatic rings. The van der Waals surface area contributed by atoms with E-state index in [1.165, 1.54) is 17.7 Å². The number of nitrogens with zero attached hydrogens (tertiary/aromatic N) is 3. The van der Waals surface area contributed by atoms with E-state index in [9.17, 15) is 9.59 Å². The Balaban J connectivity index is 1.55. The van der Waals surface area contributed by atoms with Gasteiger partial charge in [0.05, 0.1) is 5.01 Å². The van der Waals surface area contributed by atoms with Gasteiger partial charge in [-0.1, -0.05) is 13.8 Å². The molecule has 1 saturated carbocycles. The van der Waals surface area contributed by atoms with E-state index in [2.05, 4.69) is 29.1 Å². The molecule has 0 spiro atoms. The van der Waals surface area contributed by atoms with Gasteiger partial charge in [0.1, 0.15) is 11.5 Å². The van der Waals surface area contributed by atoms with E-state index in [4.69, 9.17) is 4.42 Å². The third kappa shape index (κ3) is 2.47. The summed E-state index contributed by atoms with van der Waals surface area (Å²) in [6.07, 6.45) is 2.24. The lowest BCUT2D eigenvalue weighted by Gasteiger charge is -2.34. The predicted molar refractivity (Wildman–Crippen MR) is 91.8 cm³/mol. The van der Waals surface area contributed by atoms with Crippen molar-refractivity contribution in [3.63, 3.8) is 0 Å². The maximum absolute atomic E-state index is 12.9. The summed E-state index contributed by atoms with van der Waals surface area (Å²) in [4.78, 5) is 35.2. The van der Waals surface area contributed by atoms with Crippen LogP contribution in [0.4, 0.5) is 0 Å². The highest BCUT2D eigenvalue weighted by atomic mass is 32.1. The van der Waals surface area contributed by atoms with Gasteiger partial charge in [-0.05, 0) is 12.3 Å². The number of fused-ring (bicyclic) bond motifs is 1. The van der Waals surface area contributed by atoms with Crippen LogP contribution in [-0.4, -0.2) is 46.3 Å². The van der Waals surface area contributed by atoms with Gasteiger partial charge in [0, 0.05) is 36.9 Å². The Kier molecular flexibility index (Phi) is 3.87. The van der Waals surface area contributed by atoms with Gasteiger partial charge in [-0.15, -0.1) is 11.3 Å². The van der Waals surface area contributed by atoms with E-state index >= 15 is 0 Å². The first-order valence-electron chi connectivity index (χ1n) is 8.43. The molecular formula is C17H20N4O3S. The van der Waals surface area contributed by atoms with Gasteiger partial charge in [-0.2, -0.15) is 0 Å². The molecule has 1 N–H and O–H groups in total. The number of hydrogen-bond acceptors (Lipinski definition) is 6. The zero-order valence-corrected chi connectivity index (χ0v) is 15.2. The molecule has 3 unspecified atom stereocenters. The fourth-order valence-corrected chi connectivity index (χ4v) is 4.63. The first kappa shape index (κ1) is 16.3. The minimum absolute atomic E-state index is 0.0286. The summed E-state index contributed by atoms with van der Waals surface area (Å²) in [7, 11) is 1.57. The molecule has 0 aromatic carbocycles. The first-order valence-corrected chi connectivity index (χ1v) is 9.31. The molecule has 3 fully saturated rings. The normalized spacial score (nSPS) is 24.5. The molecule has 2 aliphatic heterocycles. The summed E-state index contributed by atoms with van der Waals surface area (Å²) < 4.78 is 5.52. The molecule has 1 aliphatic carbocycles. The Morgan fingerprint density at radius 3 is 2.92 bits per heavy atom. The minimum atomic E-state index is -0.256. The van der Waals surface area contributed by atoms with E-state index in [1.54, 1.807) is 7.05 Å². The van der Waals surface area contributed by atoms with Crippen LogP contribution in [-0.2, 0) is 0 Å². The van der Waals surface area contributed by atoms with Crippen molar-refractivity contribution in [2.24, 2.45) is 5.92 Å². The number of carbonyl (C=O) groups excluding carboxylic acids is 2. The lowest BCUT2D eigenvalue weighted by molar-refractivity contribution is 0.0724. The molecule has 4 heterocycles. The van der Waals surface area contributed by atoms with Crippen molar-refractivity contribution in [2.45, 2.75) is 38.1 Å². The standard InChI is InChI=1S/C17H20N4O3S/c1-8(2)16-20-10(6-25-16)17(23)21-5-9-4-11(21)12(9)14-13(15(22)18-3)19-7-24-14/h6-9,11-12H,4-5H2,1-3H3,(H,18,22). The highest BCUT2D eigenvalue weighted by Gasteiger charge is 2.56. The lowest BCUT2D eigenvalue weighted by Crippen LogP contribution is -2.40. The van der Waals surface area contributed by atoms with Crippen LogP contribution in [0.1, 0.15) is 63.8 Å². The van der Waals surface area contributed by atoms with Crippen molar-refractivity contribution < 1.29 is 14.0 Å². The lowest BCUT2D eigenvalue weighted by atomic mass is 9.72. The maximum Gasteiger partial charge on any atom is 0.273 e. The van der Waals surface area contributed by atoms with Crippen LogP contribution in [0.25, 0.3) is 0 Å². The average molecular weight is 360 g/mol. The number of nitrogens with one attached hydrogen (secondary N) is 1. The van der Waals surface area contributed by atoms with Crippen molar-refractivity contribution in [3.8, 4) is 0 Å². The van der Waals surface area contributed by atoms with E-state index in [0.717, 1.165) is 11.4 Å². The third-order valence-electron chi connectivity index (χ3n) is 5.13. The first-order chi connectivity index (χ1) is 12.0.